The predicted octanol–water partition coefficient (Wildman–Crippen LogP) is 1.97. The van der Waals surface area contributed by atoms with Gasteiger partial charge in [-0.05, 0) is 31.5 Å². The molecule has 0 saturated carbocycles. The number of rotatable bonds is 3. The lowest BCUT2D eigenvalue weighted by molar-refractivity contribution is 0.102. The topological polar surface area (TPSA) is 109 Å². The van der Waals surface area contributed by atoms with E-state index in [-0.39, 0.29) is 15.5 Å². The first-order chi connectivity index (χ1) is 9.70. The summed E-state index contributed by atoms with van der Waals surface area (Å²) in [7, 11) is -3.81. The summed E-state index contributed by atoms with van der Waals surface area (Å²) in [6.07, 6.45) is 0. The molecule has 8 heteroatoms. The molecule has 2 rings (SSSR count). The number of primary sulfonamides is 1. The highest BCUT2D eigenvalue weighted by Gasteiger charge is 2.16. The van der Waals surface area contributed by atoms with Crippen molar-refractivity contribution in [2.24, 2.45) is 5.14 Å². The Labute approximate surface area is 126 Å². The first-order valence-electron chi connectivity index (χ1n) is 5.92. The fraction of sp³-hybridized carbons (Fsp3) is 0.154. The van der Waals surface area contributed by atoms with Gasteiger partial charge in [0.2, 0.25) is 10.0 Å². The molecule has 21 heavy (non-hydrogen) atoms. The van der Waals surface area contributed by atoms with E-state index < -0.39 is 15.9 Å². The summed E-state index contributed by atoms with van der Waals surface area (Å²) in [5.74, 6) is -0.351. The molecule has 1 heterocycles. The minimum Gasteiger partial charge on any atom is -0.507 e. The molecule has 112 valence electrons. The van der Waals surface area contributed by atoms with E-state index in [1.165, 1.54) is 11.4 Å². The highest BCUT2D eigenvalue weighted by Crippen LogP contribution is 2.28. The van der Waals surface area contributed by atoms with Crippen molar-refractivity contribution in [3.8, 4) is 5.75 Å². The molecule has 0 bridgehead atoms. The Hall–Kier alpha value is -1.90. The van der Waals surface area contributed by atoms with E-state index in [0.29, 0.717) is 16.8 Å². The number of nitrogens with two attached hydrogens (primary N) is 1. The summed E-state index contributed by atoms with van der Waals surface area (Å²) < 4.78 is 22.3. The van der Waals surface area contributed by atoms with E-state index in [4.69, 9.17) is 5.14 Å². The number of carbonyl (C=O) groups is 1. The van der Waals surface area contributed by atoms with Gasteiger partial charge in [-0.3, -0.25) is 4.79 Å². The van der Waals surface area contributed by atoms with Crippen LogP contribution in [0.5, 0.6) is 5.75 Å². The number of sulfonamides is 1. The van der Waals surface area contributed by atoms with Crippen molar-refractivity contribution in [2.45, 2.75) is 18.1 Å². The maximum Gasteiger partial charge on any atom is 0.256 e. The third-order valence-electron chi connectivity index (χ3n) is 3.00. The number of carbonyl (C=O) groups excluding carboxylic acids is 1. The number of nitrogens with one attached hydrogen (secondary N) is 1. The van der Waals surface area contributed by atoms with Crippen LogP contribution in [0.15, 0.2) is 27.8 Å². The highest BCUT2D eigenvalue weighted by atomic mass is 32.2. The maximum atomic E-state index is 12.1. The first-order valence-corrected chi connectivity index (χ1v) is 8.34. The number of phenolic OH excluding ortho intramolecular Hbond substituents is 1. The lowest BCUT2D eigenvalue weighted by atomic mass is 10.1. The minimum atomic E-state index is -3.81. The van der Waals surface area contributed by atoms with Crippen LogP contribution >= 0.6 is 11.3 Å². The number of amides is 1. The second-order valence-corrected chi connectivity index (χ2v) is 7.26. The zero-order valence-corrected chi connectivity index (χ0v) is 13.0. The second-order valence-electron chi connectivity index (χ2n) is 4.56. The number of hydrogen-bond acceptors (Lipinski definition) is 5. The Balaban J connectivity index is 2.27. The Kier molecular flexibility index (Phi) is 4.04. The second kappa shape index (κ2) is 5.47. The van der Waals surface area contributed by atoms with Gasteiger partial charge in [0.1, 0.15) is 9.96 Å². The normalized spacial score (nSPS) is 11.4. The molecule has 0 aliphatic rings. The molecule has 4 N–H and O–H groups in total. The van der Waals surface area contributed by atoms with Crippen LogP contribution in [-0.2, 0) is 10.0 Å². The van der Waals surface area contributed by atoms with Gasteiger partial charge in [0.15, 0.2) is 0 Å². The SMILES string of the molecule is Cc1ccc(NC(=O)c2csc(S(N)(=O)=O)c2)c(C)c1O. The monoisotopic (exact) mass is 326 g/mol. The number of hydrogen-bond donors (Lipinski definition) is 3. The Bertz CT molecular complexity index is 810. The first kappa shape index (κ1) is 15.5. The largest absolute Gasteiger partial charge is 0.507 e. The van der Waals surface area contributed by atoms with E-state index in [2.05, 4.69) is 5.32 Å². The average Bonchev–Trinajstić information content (AvgIpc) is 2.89. The van der Waals surface area contributed by atoms with Crippen molar-refractivity contribution in [2.75, 3.05) is 5.32 Å². The van der Waals surface area contributed by atoms with Crippen molar-refractivity contribution in [1.82, 2.24) is 0 Å². The average molecular weight is 326 g/mol. The summed E-state index contributed by atoms with van der Waals surface area (Å²) in [6, 6.07) is 4.58. The van der Waals surface area contributed by atoms with E-state index in [9.17, 15) is 18.3 Å². The zero-order valence-electron chi connectivity index (χ0n) is 11.4. The number of thiophene rings is 1. The smallest absolute Gasteiger partial charge is 0.256 e. The van der Waals surface area contributed by atoms with Gasteiger partial charge < -0.3 is 10.4 Å². The number of benzene rings is 1. The summed E-state index contributed by atoms with van der Waals surface area (Å²) in [5.41, 5.74) is 1.91. The van der Waals surface area contributed by atoms with Crippen molar-refractivity contribution < 1.29 is 18.3 Å². The van der Waals surface area contributed by atoms with Crippen LogP contribution in [-0.4, -0.2) is 19.4 Å². The summed E-state index contributed by atoms with van der Waals surface area (Å²) in [5, 5.41) is 18.9. The molecule has 0 radical (unpaired) electrons. The quantitative estimate of drug-likeness (QED) is 0.801. The number of aryl methyl sites for hydroxylation is 1. The van der Waals surface area contributed by atoms with Crippen LogP contribution < -0.4 is 10.5 Å². The van der Waals surface area contributed by atoms with E-state index in [1.54, 1.807) is 26.0 Å². The molecule has 6 nitrogen and oxygen atoms in total. The lowest BCUT2D eigenvalue weighted by Crippen LogP contribution is -2.13. The van der Waals surface area contributed by atoms with Gasteiger partial charge in [-0.15, -0.1) is 11.3 Å². The third kappa shape index (κ3) is 3.23. The summed E-state index contributed by atoms with van der Waals surface area (Å²) >= 11 is 0.882. The van der Waals surface area contributed by atoms with Crippen LogP contribution in [0.4, 0.5) is 5.69 Å². The standard InChI is InChI=1S/C13H14N2O4S2/c1-7-3-4-10(8(2)12(7)16)15-13(17)9-5-11(20-6-9)21(14,18)19/h3-6,16H,1-2H3,(H,15,17)(H2,14,18,19). The van der Waals surface area contributed by atoms with Crippen molar-refractivity contribution >= 4 is 33.0 Å². The molecular weight excluding hydrogens is 312 g/mol. The lowest BCUT2D eigenvalue weighted by Gasteiger charge is -2.10. The van der Waals surface area contributed by atoms with Gasteiger partial charge in [0.05, 0.1) is 5.56 Å². The van der Waals surface area contributed by atoms with Crippen LogP contribution in [0.25, 0.3) is 0 Å². The van der Waals surface area contributed by atoms with Gasteiger partial charge >= 0.3 is 0 Å². The number of anilines is 1. The van der Waals surface area contributed by atoms with E-state index in [1.807, 2.05) is 0 Å². The minimum absolute atomic E-state index is 0.0730. The molecule has 1 aromatic heterocycles. The van der Waals surface area contributed by atoms with Crippen molar-refractivity contribution in [1.29, 1.82) is 0 Å². The van der Waals surface area contributed by atoms with Crippen LogP contribution in [0, 0.1) is 13.8 Å². The van der Waals surface area contributed by atoms with Gasteiger partial charge in [-0.2, -0.15) is 0 Å². The number of phenols is 1. The molecule has 0 saturated heterocycles. The summed E-state index contributed by atoms with van der Waals surface area (Å²) in [6.45, 7) is 3.44. The van der Waals surface area contributed by atoms with Gasteiger partial charge in [-0.25, -0.2) is 13.6 Å². The summed E-state index contributed by atoms with van der Waals surface area (Å²) in [4.78, 5) is 12.1. The molecule has 1 aromatic carbocycles. The van der Waals surface area contributed by atoms with Gasteiger partial charge in [0.25, 0.3) is 5.91 Å². The fourth-order valence-electron chi connectivity index (χ4n) is 1.75. The Morgan fingerprint density at radius 1 is 1.33 bits per heavy atom. The van der Waals surface area contributed by atoms with E-state index >= 15 is 0 Å². The van der Waals surface area contributed by atoms with Gasteiger partial charge in [0, 0.05) is 16.6 Å². The van der Waals surface area contributed by atoms with Crippen molar-refractivity contribution in [3.05, 3.63) is 40.3 Å². The molecule has 0 aliphatic heterocycles. The predicted molar refractivity (Wildman–Crippen MR) is 81.2 cm³/mol. The highest BCUT2D eigenvalue weighted by molar-refractivity contribution is 7.91. The Morgan fingerprint density at radius 2 is 2.00 bits per heavy atom. The molecule has 2 aromatic rings. The van der Waals surface area contributed by atoms with E-state index in [0.717, 1.165) is 11.3 Å². The fourth-order valence-corrected chi connectivity index (χ4v) is 3.34. The molecular formula is C13H14N2O4S2. The number of aromatic hydroxyl groups is 1. The van der Waals surface area contributed by atoms with Crippen LogP contribution in [0.3, 0.4) is 0 Å². The molecule has 0 unspecified atom stereocenters. The van der Waals surface area contributed by atoms with Crippen LogP contribution in [0.2, 0.25) is 0 Å². The molecule has 1 amide bonds. The zero-order chi connectivity index (χ0) is 15.8. The molecule has 0 spiro atoms. The Morgan fingerprint density at radius 3 is 2.57 bits per heavy atom. The molecule has 0 fully saturated rings. The third-order valence-corrected chi connectivity index (χ3v) is 5.39. The maximum absolute atomic E-state index is 12.1. The van der Waals surface area contributed by atoms with Gasteiger partial charge in [-0.1, -0.05) is 6.07 Å². The molecule has 0 atom stereocenters. The van der Waals surface area contributed by atoms with Crippen molar-refractivity contribution in [3.63, 3.8) is 0 Å². The van der Waals surface area contributed by atoms with Crippen LogP contribution in [0.1, 0.15) is 21.5 Å². The molecule has 0 aliphatic carbocycles.